The van der Waals surface area contributed by atoms with Gasteiger partial charge in [0.1, 0.15) is 5.82 Å². The predicted octanol–water partition coefficient (Wildman–Crippen LogP) is 0.414. The molecule has 4 rings (SSSR count). The van der Waals surface area contributed by atoms with Crippen LogP contribution in [0.1, 0.15) is 18.7 Å². The Labute approximate surface area is 157 Å². The highest BCUT2D eigenvalue weighted by molar-refractivity contribution is 6.01. The van der Waals surface area contributed by atoms with E-state index in [0.717, 1.165) is 0 Å². The molecule has 0 radical (unpaired) electrons. The number of hydrogen-bond acceptors (Lipinski definition) is 7. The first-order chi connectivity index (χ1) is 13.3. The number of hydrogen-bond donors (Lipinski definition) is 0. The SMILES string of the molecule is O=C1CCC(=O)N1CCN1CCN(c2ccc3nnc(C(F)(F)F)n3n2)CC1. The van der Waals surface area contributed by atoms with Crippen LogP contribution in [0.2, 0.25) is 0 Å². The van der Waals surface area contributed by atoms with Gasteiger partial charge in [0, 0.05) is 52.1 Å². The minimum absolute atomic E-state index is 0.0367. The summed E-state index contributed by atoms with van der Waals surface area (Å²) in [7, 11) is 0. The molecule has 4 heterocycles. The third-order valence-corrected chi connectivity index (χ3v) is 4.99. The lowest BCUT2D eigenvalue weighted by Gasteiger charge is -2.35. The average Bonchev–Trinajstić information content (AvgIpc) is 3.23. The van der Waals surface area contributed by atoms with Gasteiger partial charge in [0.2, 0.25) is 11.8 Å². The van der Waals surface area contributed by atoms with Crippen LogP contribution in [0.15, 0.2) is 12.1 Å². The molecule has 0 bridgehead atoms. The normalized spacial score (nSPS) is 19.2. The number of rotatable bonds is 4. The number of anilines is 1. The Balaban J connectivity index is 1.38. The molecule has 28 heavy (non-hydrogen) atoms. The summed E-state index contributed by atoms with van der Waals surface area (Å²) in [5.41, 5.74) is 0.0367. The minimum Gasteiger partial charge on any atom is -0.353 e. The zero-order valence-electron chi connectivity index (χ0n) is 14.9. The molecule has 2 saturated heterocycles. The van der Waals surface area contributed by atoms with E-state index < -0.39 is 12.0 Å². The predicted molar refractivity (Wildman–Crippen MR) is 90.4 cm³/mol. The van der Waals surface area contributed by atoms with Crippen LogP contribution in [0.4, 0.5) is 19.0 Å². The number of amides is 2. The number of imide groups is 1. The summed E-state index contributed by atoms with van der Waals surface area (Å²) in [6, 6.07) is 3.09. The molecule has 2 aromatic heterocycles. The highest BCUT2D eigenvalue weighted by atomic mass is 19.4. The molecule has 0 spiro atoms. The van der Waals surface area contributed by atoms with Gasteiger partial charge in [-0.05, 0) is 12.1 Å². The van der Waals surface area contributed by atoms with Crippen LogP contribution >= 0.6 is 0 Å². The van der Waals surface area contributed by atoms with Crippen molar-refractivity contribution in [1.82, 2.24) is 29.6 Å². The first-order valence-electron chi connectivity index (χ1n) is 8.93. The molecule has 2 aliphatic heterocycles. The second-order valence-electron chi connectivity index (χ2n) is 6.75. The minimum atomic E-state index is -4.63. The number of fused-ring (bicyclic) bond motifs is 1. The summed E-state index contributed by atoms with van der Waals surface area (Å²) in [6.45, 7) is 3.42. The highest BCUT2D eigenvalue weighted by Crippen LogP contribution is 2.28. The molecule has 0 aliphatic carbocycles. The Bertz CT molecular complexity index is 889. The van der Waals surface area contributed by atoms with Gasteiger partial charge in [0.05, 0.1) is 0 Å². The number of alkyl halides is 3. The summed E-state index contributed by atoms with van der Waals surface area (Å²) >= 11 is 0. The highest BCUT2D eigenvalue weighted by Gasteiger charge is 2.38. The molecule has 12 heteroatoms. The molecular weight excluding hydrogens is 379 g/mol. The number of aromatic nitrogens is 4. The lowest BCUT2D eigenvalue weighted by Crippen LogP contribution is -2.49. The van der Waals surface area contributed by atoms with E-state index in [4.69, 9.17) is 0 Å². The topological polar surface area (TPSA) is 86.9 Å². The van der Waals surface area contributed by atoms with Crippen molar-refractivity contribution in [2.75, 3.05) is 44.2 Å². The van der Waals surface area contributed by atoms with Gasteiger partial charge in [-0.15, -0.1) is 15.3 Å². The largest absolute Gasteiger partial charge is 0.453 e. The molecule has 0 saturated carbocycles. The first-order valence-corrected chi connectivity index (χ1v) is 8.93. The molecule has 2 aromatic rings. The Morgan fingerprint density at radius 2 is 1.61 bits per heavy atom. The Kier molecular flexibility index (Phi) is 4.65. The third-order valence-electron chi connectivity index (χ3n) is 4.99. The van der Waals surface area contributed by atoms with Crippen LogP contribution in [0, 0.1) is 0 Å². The fourth-order valence-corrected chi connectivity index (χ4v) is 3.44. The van der Waals surface area contributed by atoms with E-state index in [-0.39, 0.29) is 30.3 Å². The second kappa shape index (κ2) is 7.00. The maximum Gasteiger partial charge on any atom is 0.453 e. The van der Waals surface area contributed by atoms with Crippen LogP contribution in [0.25, 0.3) is 5.65 Å². The standard InChI is InChI=1S/C16H18F3N7O2/c17-16(18,19)15-21-20-11-1-2-12(22-26(11)15)24-8-5-23(6-9-24)7-10-25-13(27)3-4-14(25)28/h1-2H,3-10H2. The molecule has 2 amide bonds. The number of carbonyl (C=O) groups excluding carboxylic acids is 2. The van der Waals surface area contributed by atoms with E-state index in [1.54, 1.807) is 6.07 Å². The van der Waals surface area contributed by atoms with Crippen molar-refractivity contribution in [2.24, 2.45) is 0 Å². The Morgan fingerprint density at radius 1 is 0.929 bits per heavy atom. The van der Waals surface area contributed by atoms with E-state index in [1.807, 2.05) is 4.90 Å². The molecule has 2 fully saturated rings. The maximum absolute atomic E-state index is 13.0. The van der Waals surface area contributed by atoms with Gasteiger partial charge in [0.25, 0.3) is 5.82 Å². The van der Waals surface area contributed by atoms with Crippen molar-refractivity contribution in [3.8, 4) is 0 Å². The molecule has 0 atom stereocenters. The molecule has 0 N–H and O–H groups in total. The fourth-order valence-electron chi connectivity index (χ4n) is 3.44. The molecule has 9 nitrogen and oxygen atoms in total. The van der Waals surface area contributed by atoms with E-state index >= 15 is 0 Å². The van der Waals surface area contributed by atoms with Crippen molar-refractivity contribution in [3.05, 3.63) is 18.0 Å². The zero-order valence-corrected chi connectivity index (χ0v) is 14.9. The summed E-state index contributed by atoms with van der Waals surface area (Å²) < 4.78 is 39.7. The molecule has 0 unspecified atom stereocenters. The summed E-state index contributed by atoms with van der Waals surface area (Å²) in [6.07, 6.45) is -4.07. The van der Waals surface area contributed by atoms with Crippen molar-refractivity contribution in [1.29, 1.82) is 0 Å². The van der Waals surface area contributed by atoms with Gasteiger partial charge >= 0.3 is 6.18 Å². The van der Waals surface area contributed by atoms with Gasteiger partial charge in [-0.1, -0.05) is 0 Å². The van der Waals surface area contributed by atoms with E-state index in [0.29, 0.717) is 49.6 Å². The Morgan fingerprint density at radius 3 is 2.25 bits per heavy atom. The van der Waals surface area contributed by atoms with Crippen molar-refractivity contribution >= 4 is 23.3 Å². The van der Waals surface area contributed by atoms with E-state index in [2.05, 4.69) is 20.2 Å². The van der Waals surface area contributed by atoms with Gasteiger partial charge in [-0.2, -0.15) is 17.7 Å². The van der Waals surface area contributed by atoms with Gasteiger partial charge < -0.3 is 4.90 Å². The summed E-state index contributed by atoms with van der Waals surface area (Å²) in [4.78, 5) is 28.6. The van der Waals surface area contributed by atoms with Crippen molar-refractivity contribution in [3.63, 3.8) is 0 Å². The molecule has 150 valence electrons. The van der Waals surface area contributed by atoms with Crippen LogP contribution < -0.4 is 4.90 Å². The summed E-state index contributed by atoms with van der Waals surface area (Å²) in [5, 5.41) is 10.7. The van der Waals surface area contributed by atoms with Gasteiger partial charge in [0.15, 0.2) is 5.65 Å². The molecular formula is C16H18F3N7O2. The number of carbonyl (C=O) groups is 2. The first kappa shape index (κ1) is 18.6. The Hall–Kier alpha value is -2.76. The number of nitrogens with zero attached hydrogens (tertiary/aromatic N) is 7. The van der Waals surface area contributed by atoms with Crippen LogP contribution in [0.5, 0.6) is 0 Å². The fraction of sp³-hybridized carbons (Fsp3) is 0.562. The van der Waals surface area contributed by atoms with Gasteiger partial charge in [-0.25, -0.2) is 0 Å². The monoisotopic (exact) mass is 397 g/mol. The van der Waals surface area contributed by atoms with E-state index in [9.17, 15) is 22.8 Å². The average molecular weight is 397 g/mol. The molecule has 0 aromatic carbocycles. The lowest BCUT2D eigenvalue weighted by atomic mass is 10.3. The summed E-state index contributed by atoms with van der Waals surface area (Å²) in [5.74, 6) is -0.989. The van der Waals surface area contributed by atoms with Gasteiger partial charge in [-0.3, -0.25) is 19.4 Å². The smallest absolute Gasteiger partial charge is 0.353 e. The van der Waals surface area contributed by atoms with Crippen LogP contribution in [0.3, 0.4) is 0 Å². The van der Waals surface area contributed by atoms with Crippen molar-refractivity contribution < 1.29 is 22.8 Å². The second-order valence-corrected chi connectivity index (χ2v) is 6.75. The number of likely N-dealkylation sites (tertiary alicyclic amines) is 1. The lowest BCUT2D eigenvalue weighted by molar-refractivity contribution is -0.146. The number of halogens is 3. The van der Waals surface area contributed by atoms with Crippen molar-refractivity contribution in [2.45, 2.75) is 19.0 Å². The molecule has 2 aliphatic rings. The third kappa shape index (κ3) is 3.51. The number of piperazine rings is 1. The quantitative estimate of drug-likeness (QED) is 0.691. The van der Waals surface area contributed by atoms with Crippen LogP contribution in [-0.2, 0) is 15.8 Å². The van der Waals surface area contributed by atoms with Crippen LogP contribution in [-0.4, -0.2) is 80.7 Å². The van der Waals surface area contributed by atoms with E-state index in [1.165, 1.54) is 11.0 Å². The zero-order chi connectivity index (χ0) is 19.9. The maximum atomic E-state index is 13.0.